The normalized spacial score (nSPS) is 21.3. The number of hydrogen-bond donors (Lipinski definition) is 0. The number of rotatable bonds is 0. The van der Waals surface area contributed by atoms with Crippen molar-refractivity contribution < 1.29 is 4.39 Å². The van der Waals surface area contributed by atoms with Crippen LogP contribution in [0.1, 0.15) is 13.8 Å². The molecule has 0 radical (unpaired) electrons. The predicted octanol–water partition coefficient (Wildman–Crippen LogP) is 3.88. The van der Waals surface area contributed by atoms with E-state index in [2.05, 4.69) is 38.9 Å². The maximum Gasteiger partial charge on any atom is 0.165 e. The van der Waals surface area contributed by atoms with Crippen molar-refractivity contribution in [1.82, 2.24) is 4.98 Å². The first-order chi connectivity index (χ1) is 9.40. The van der Waals surface area contributed by atoms with Crippen molar-refractivity contribution >= 4 is 56.1 Å². The molecule has 0 spiro atoms. The van der Waals surface area contributed by atoms with E-state index in [4.69, 9.17) is 23.2 Å². The quantitative estimate of drug-likeness (QED) is 0.641. The summed E-state index contributed by atoms with van der Waals surface area (Å²) in [7, 11) is 0. The Labute approximate surface area is 133 Å². The van der Waals surface area contributed by atoms with Gasteiger partial charge in [0.1, 0.15) is 10.7 Å². The van der Waals surface area contributed by atoms with Gasteiger partial charge in [-0.3, -0.25) is 4.99 Å². The Bertz CT molecular complexity index is 851. The standard InChI is InChI=1S/C14H10BrCl2FN2/c1-5-3-7-10-8(16)4-9(17)20-14(10)12(18)11(15)13(7)19-6(5)2/h3-6H,1-2H3. The molecule has 0 saturated carbocycles. The number of fused-ring (bicyclic) bond motifs is 3. The van der Waals surface area contributed by atoms with E-state index in [0.29, 0.717) is 20.2 Å². The molecule has 2 heterocycles. The number of pyridine rings is 1. The Balaban J connectivity index is 2.64. The third kappa shape index (κ3) is 2.05. The van der Waals surface area contributed by atoms with Gasteiger partial charge in [-0.1, -0.05) is 36.2 Å². The smallest absolute Gasteiger partial charge is 0.165 e. The second kappa shape index (κ2) is 4.93. The molecule has 0 aliphatic carbocycles. The molecule has 6 heteroatoms. The van der Waals surface area contributed by atoms with Gasteiger partial charge >= 0.3 is 0 Å². The minimum Gasteiger partial charge on any atom is -0.280 e. The summed E-state index contributed by atoms with van der Waals surface area (Å²) in [5, 5.41) is 2.52. The molecule has 1 aromatic heterocycles. The maximum absolute atomic E-state index is 14.5. The SMILES string of the molecule is CC1C=c2c(c(Br)c(F)c3nc(Cl)cc(Cl)c23)=NC1C. The van der Waals surface area contributed by atoms with Gasteiger partial charge in [-0.15, -0.1) is 0 Å². The van der Waals surface area contributed by atoms with Crippen LogP contribution in [0.2, 0.25) is 10.2 Å². The second-order valence-corrected chi connectivity index (χ2v) is 6.52. The van der Waals surface area contributed by atoms with E-state index in [0.717, 1.165) is 5.22 Å². The number of benzene rings is 1. The van der Waals surface area contributed by atoms with Crippen LogP contribution in [-0.2, 0) is 0 Å². The van der Waals surface area contributed by atoms with Gasteiger partial charge in [0.25, 0.3) is 0 Å². The lowest BCUT2D eigenvalue weighted by molar-refractivity contribution is 0.579. The minimum absolute atomic E-state index is 0.0923. The lowest BCUT2D eigenvalue weighted by atomic mass is 9.97. The molecule has 1 aliphatic heterocycles. The van der Waals surface area contributed by atoms with Gasteiger partial charge in [0, 0.05) is 10.6 Å². The van der Waals surface area contributed by atoms with Crippen molar-refractivity contribution in [3.63, 3.8) is 0 Å². The highest BCUT2D eigenvalue weighted by atomic mass is 79.9. The van der Waals surface area contributed by atoms with Crippen LogP contribution in [0.4, 0.5) is 4.39 Å². The van der Waals surface area contributed by atoms with Crippen LogP contribution >= 0.6 is 39.1 Å². The molecule has 0 fully saturated rings. The largest absolute Gasteiger partial charge is 0.280 e. The molecule has 0 bridgehead atoms. The van der Waals surface area contributed by atoms with E-state index < -0.39 is 5.82 Å². The highest BCUT2D eigenvalue weighted by Crippen LogP contribution is 2.27. The Morgan fingerprint density at radius 1 is 1.30 bits per heavy atom. The molecule has 0 N–H and O–H groups in total. The summed E-state index contributed by atoms with van der Waals surface area (Å²) in [6.45, 7) is 4.07. The number of halogens is 4. The van der Waals surface area contributed by atoms with Crippen LogP contribution in [0.15, 0.2) is 15.5 Å². The summed E-state index contributed by atoms with van der Waals surface area (Å²) in [5.74, 6) is -0.239. The molecular weight excluding hydrogens is 366 g/mol. The first-order valence-corrected chi connectivity index (χ1v) is 7.67. The van der Waals surface area contributed by atoms with Crippen LogP contribution < -0.4 is 10.6 Å². The molecule has 20 heavy (non-hydrogen) atoms. The summed E-state index contributed by atoms with van der Waals surface area (Å²) >= 11 is 15.4. The Hall–Kier alpha value is -0.710. The zero-order chi connectivity index (χ0) is 14.6. The van der Waals surface area contributed by atoms with E-state index in [-0.39, 0.29) is 22.6 Å². The van der Waals surface area contributed by atoms with Gasteiger partial charge in [0.2, 0.25) is 0 Å². The molecule has 2 atom stereocenters. The molecule has 0 amide bonds. The van der Waals surface area contributed by atoms with Gasteiger partial charge in [-0.25, -0.2) is 9.37 Å². The van der Waals surface area contributed by atoms with Crippen LogP contribution in [0.3, 0.4) is 0 Å². The van der Waals surface area contributed by atoms with Crippen LogP contribution in [0.25, 0.3) is 17.0 Å². The summed E-state index contributed by atoms with van der Waals surface area (Å²) in [4.78, 5) is 8.63. The third-order valence-corrected chi connectivity index (χ3v) is 4.81. The minimum atomic E-state index is -0.484. The fourth-order valence-corrected chi connectivity index (χ4v) is 3.40. The molecule has 104 valence electrons. The topological polar surface area (TPSA) is 25.2 Å². The average molecular weight is 376 g/mol. The maximum atomic E-state index is 14.5. The van der Waals surface area contributed by atoms with Crippen molar-refractivity contribution in [2.75, 3.05) is 0 Å². The van der Waals surface area contributed by atoms with Crippen molar-refractivity contribution in [1.29, 1.82) is 0 Å². The number of aromatic nitrogens is 1. The lowest BCUT2D eigenvalue weighted by Crippen LogP contribution is -2.36. The monoisotopic (exact) mass is 374 g/mol. The van der Waals surface area contributed by atoms with Crippen LogP contribution in [-0.4, -0.2) is 11.0 Å². The van der Waals surface area contributed by atoms with Gasteiger partial charge in [-0.2, -0.15) is 0 Å². The molecule has 2 unspecified atom stereocenters. The van der Waals surface area contributed by atoms with Gasteiger partial charge in [0.15, 0.2) is 5.82 Å². The highest BCUT2D eigenvalue weighted by Gasteiger charge is 2.20. The molecular formula is C14H10BrCl2FN2. The van der Waals surface area contributed by atoms with E-state index >= 15 is 0 Å². The molecule has 3 rings (SSSR count). The molecule has 2 nitrogen and oxygen atoms in total. The van der Waals surface area contributed by atoms with E-state index in [9.17, 15) is 4.39 Å². The van der Waals surface area contributed by atoms with Crippen molar-refractivity contribution in [2.24, 2.45) is 10.9 Å². The van der Waals surface area contributed by atoms with Gasteiger partial charge < -0.3 is 0 Å². The zero-order valence-electron chi connectivity index (χ0n) is 10.7. The van der Waals surface area contributed by atoms with Crippen molar-refractivity contribution in [3.05, 3.63) is 37.1 Å². The first kappa shape index (κ1) is 14.2. The zero-order valence-corrected chi connectivity index (χ0v) is 13.8. The average Bonchev–Trinajstić information content (AvgIpc) is 2.38. The van der Waals surface area contributed by atoms with Crippen molar-refractivity contribution in [3.8, 4) is 0 Å². The fourth-order valence-electron chi connectivity index (χ4n) is 2.36. The van der Waals surface area contributed by atoms with Crippen molar-refractivity contribution in [2.45, 2.75) is 19.9 Å². The molecule has 2 aromatic rings. The number of hydrogen-bond acceptors (Lipinski definition) is 2. The van der Waals surface area contributed by atoms with Gasteiger partial charge in [-0.05, 0) is 34.8 Å². The fraction of sp³-hybridized carbons (Fsp3) is 0.286. The first-order valence-electron chi connectivity index (χ1n) is 6.12. The highest BCUT2D eigenvalue weighted by molar-refractivity contribution is 9.10. The summed E-state index contributed by atoms with van der Waals surface area (Å²) in [6, 6.07) is 1.62. The Morgan fingerprint density at radius 2 is 2.00 bits per heavy atom. The van der Waals surface area contributed by atoms with Gasteiger partial charge in [0.05, 0.1) is 20.9 Å². The van der Waals surface area contributed by atoms with E-state index in [1.54, 1.807) is 0 Å². The molecule has 1 aliphatic rings. The third-order valence-electron chi connectivity index (χ3n) is 3.60. The van der Waals surface area contributed by atoms with E-state index in [1.807, 2.05) is 6.92 Å². The van der Waals surface area contributed by atoms with E-state index in [1.165, 1.54) is 6.07 Å². The van der Waals surface area contributed by atoms with Crippen LogP contribution in [0, 0.1) is 11.7 Å². The van der Waals surface area contributed by atoms with Crippen LogP contribution in [0.5, 0.6) is 0 Å². The molecule has 1 aromatic carbocycles. The lowest BCUT2D eigenvalue weighted by Gasteiger charge is -2.18. The Morgan fingerprint density at radius 3 is 2.70 bits per heavy atom. The summed E-state index contributed by atoms with van der Waals surface area (Å²) < 4.78 is 14.8. The summed E-state index contributed by atoms with van der Waals surface area (Å²) in [5.41, 5.74) is 0.168. The number of nitrogens with zero attached hydrogens (tertiary/aromatic N) is 2. The Kier molecular flexibility index (Phi) is 3.51. The summed E-state index contributed by atoms with van der Waals surface area (Å²) in [6.07, 6.45) is 2.06. The molecule has 0 saturated heterocycles. The second-order valence-electron chi connectivity index (χ2n) is 4.94. The predicted molar refractivity (Wildman–Crippen MR) is 83.3 cm³/mol.